The van der Waals surface area contributed by atoms with Crippen molar-refractivity contribution < 1.29 is 36.6 Å². The summed E-state index contributed by atoms with van der Waals surface area (Å²) in [5.74, 6) is 7.70. The van der Waals surface area contributed by atoms with Crippen molar-refractivity contribution in [2.24, 2.45) is 17.8 Å². The van der Waals surface area contributed by atoms with Gasteiger partial charge in [0.1, 0.15) is 34.6 Å². The predicted octanol–water partition coefficient (Wildman–Crippen LogP) is 29.8. The lowest BCUT2D eigenvalue weighted by atomic mass is 9.87. The molecule has 0 amide bonds. The highest BCUT2D eigenvalue weighted by Crippen LogP contribution is 2.46. The second-order valence-corrected chi connectivity index (χ2v) is 30.8. The highest BCUT2D eigenvalue weighted by atomic mass is 16.5. The Hall–Kier alpha value is -9.42. The van der Waals surface area contributed by atoms with Crippen molar-refractivity contribution in [3.8, 4) is 0 Å². The number of nitrogens with zero attached hydrogens (tertiary/aromatic N) is 6. The van der Waals surface area contributed by atoms with Gasteiger partial charge in [0.15, 0.2) is 37.4 Å². The van der Waals surface area contributed by atoms with Crippen LogP contribution in [0, 0.1) is 59.3 Å². The molecule has 3 aliphatic carbocycles. The first kappa shape index (κ1) is 86.4. The molecule has 0 saturated heterocycles. The number of rotatable bonds is 10. The van der Waals surface area contributed by atoms with Crippen LogP contribution in [0.25, 0.3) is 5.76 Å². The fourth-order valence-electron chi connectivity index (χ4n) is 17.2. The van der Waals surface area contributed by atoms with Gasteiger partial charge in [0.05, 0.1) is 34.2 Å². The number of anilines is 6. The maximum absolute atomic E-state index is 7.91. The normalized spacial score (nSPS) is 22.0. The average Bonchev–Trinajstić information content (AvgIpc) is 1.63. The van der Waals surface area contributed by atoms with E-state index >= 15 is 0 Å². The van der Waals surface area contributed by atoms with Gasteiger partial charge in [-0.3, -0.25) is 0 Å². The Morgan fingerprint density at radius 3 is 0.757 bits per heavy atom. The molecule has 628 valence electrons. The fraction of sp³-hybridized carbons (Fsp3) is 0.476. The van der Waals surface area contributed by atoms with E-state index in [9.17, 15) is 0 Å². The van der Waals surface area contributed by atoms with Gasteiger partial charge in [-0.1, -0.05) is 235 Å². The minimum absolute atomic E-state index is 0. The zero-order valence-corrected chi connectivity index (χ0v) is 68.5. The number of hydrogen-bond acceptors (Lipinski definition) is 12. The number of benzene rings is 7. The van der Waals surface area contributed by atoms with Gasteiger partial charge in [-0.15, -0.1) is 0 Å². The van der Waals surface area contributed by atoms with Gasteiger partial charge in [0, 0.05) is 65.7 Å². The lowest BCUT2D eigenvalue weighted by Gasteiger charge is -2.25. The molecule has 3 fully saturated rings. The maximum atomic E-state index is 7.91. The molecular weight excluding hydrogens is 1420 g/mol. The van der Waals surface area contributed by atoms with Gasteiger partial charge in [-0.05, 0) is 247 Å². The molecule has 16 rings (SSSR count). The molecule has 0 N–H and O–H groups in total. The van der Waals surface area contributed by atoms with Gasteiger partial charge in [-0.25, -0.2) is 0 Å². The Bertz CT molecular complexity index is 4680. The molecule has 0 bridgehead atoms. The van der Waals surface area contributed by atoms with Gasteiger partial charge in [0.2, 0.25) is 0 Å². The van der Waals surface area contributed by atoms with Crippen LogP contribution in [-0.2, 0) is 28.4 Å². The van der Waals surface area contributed by atoms with Crippen molar-refractivity contribution >= 4 is 39.9 Å². The first-order valence-electron chi connectivity index (χ1n) is 43.2. The molecule has 115 heavy (non-hydrogen) atoms. The minimum atomic E-state index is -2.18. The summed E-state index contributed by atoms with van der Waals surface area (Å²) >= 11 is 0. The molecular formula is C103H150N6O6. The fourth-order valence-corrected chi connectivity index (χ4v) is 17.2. The molecule has 6 aliphatic heterocycles. The summed E-state index contributed by atoms with van der Waals surface area (Å²) < 4.78 is 82.3. The van der Waals surface area contributed by atoms with Crippen molar-refractivity contribution in [3.63, 3.8) is 0 Å². The summed E-state index contributed by atoms with van der Waals surface area (Å²) in [5.41, 5.74) is 22.0. The molecule has 0 spiro atoms. The van der Waals surface area contributed by atoms with Crippen molar-refractivity contribution in [1.29, 1.82) is 0 Å². The monoisotopic (exact) mass is 1570 g/mol. The molecule has 0 radical (unpaired) electrons. The smallest absolute Gasteiger partial charge is 0.173 e. The molecule has 12 nitrogen and oxygen atoms in total. The third-order valence-electron chi connectivity index (χ3n) is 23.2. The number of para-hydroxylation sites is 6. The minimum Gasteiger partial charge on any atom is -0.473 e. The molecule has 7 aromatic carbocycles. The van der Waals surface area contributed by atoms with E-state index in [1.165, 1.54) is 151 Å². The van der Waals surface area contributed by atoms with Gasteiger partial charge in [0.25, 0.3) is 0 Å². The average molecular weight is 1570 g/mol. The highest BCUT2D eigenvalue weighted by Gasteiger charge is 2.39. The standard InChI is InChI=1S/2C18H25NO.C18H19NO.C17H23NO.2C13H17NO.6CH4/c3*1-13-9-7-8-12-17(13)19-14(2)18(20-15(19)3)16-10-5-4-6-11-16;1-12-8-4-7-11-16(12)18-13(2)17(19-14(18)3)15-9-5-6-10-15;2*1-9-7-5-6-8-13(9)14-10(2)11(3)15-12(14)4;;;;;;/h2*7-9,12,15-16H,4-6,10-11H2,1-3H3;4-12,15H,1-3H3;4,7-8,11,14-15H,5-6,9-10H2,1-3H3;2*5-8,12H,1-4H3;6*1H4/i3D3;;;;4D3;;;;;;;. The summed E-state index contributed by atoms with van der Waals surface area (Å²) in [6.07, 6.45) is 16.4. The van der Waals surface area contributed by atoms with E-state index in [0.29, 0.717) is 23.5 Å². The SMILES string of the molecule is C.C.C.C.C.C.CC1=C(C)N(c2ccccc2C)C(C)O1.CC1=C(C2CCCC2)OC(C)N1c1ccccc1C.CC1=C(C2CCCCC2)OC(C)N1c1ccccc1C.CC1=C(c2ccccc2)OC(C)N1c1ccccc1C.[2H]C([2H])([2H])C1OC(C)=C(C)N1c1ccccc1C.[2H]C([2H])([2H])C1OC(C2CCCCC2)=C(C)N1c1ccccc1C. The van der Waals surface area contributed by atoms with Crippen LogP contribution in [0.3, 0.4) is 0 Å². The van der Waals surface area contributed by atoms with Crippen molar-refractivity contribution in [2.75, 3.05) is 29.4 Å². The third kappa shape index (κ3) is 22.0. The van der Waals surface area contributed by atoms with Gasteiger partial charge < -0.3 is 57.8 Å². The lowest BCUT2D eigenvalue weighted by molar-refractivity contribution is 0.124. The van der Waals surface area contributed by atoms with Crippen molar-refractivity contribution in [2.45, 2.75) is 310 Å². The molecule has 12 heteroatoms. The summed E-state index contributed by atoms with van der Waals surface area (Å²) in [5, 5.41) is 0. The van der Waals surface area contributed by atoms with Crippen LogP contribution in [0.5, 0.6) is 0 Å². The van der Waals surface area contributed by atoms with Crippen LogP contribution >= 0.6 is 0 Å². The number of allylic oxidation sites excluding steroid dienone is 11. The Morgan fingerprint density at radius 1 is 0.243 bits per heavy atom. The van der Waals surface area contributed by atoms with Crippen LogP contribution in [0.4, 0.5) is 34.1 Å². The number of ether oxygens (including phenoxy) is 6. The molecule has 6 unspecified atom stereocenters. The number of aryl methyl sites for hydroxylation is 6. The van der Waals surface area contributed by atoms with Crippen LogP contribution in [-0.4, -0.2) is 37.4 Å². The topological polar surface area (TPSA) is 74.8 Å². The summed E-state index contributed by atoms with van der Waals surface area (Å²) in [7, 11) is 0. The van der Waals surface area contributed by atoms with E-state index in [1.807, 2.05) is 106 Å². The Balaban J connectivity index is 0.000000257. The first-order chi connectivity index (χ1) is 54.9. The molecule has 0 aromatic heterocycles. The predicted molar refractivity (Wildman–Crippen MR) is 495 cm³/mol. The Morgan fingerprint density at radius 2 is 0.461 bits per heavy atom. The quantitative estimate of drug-likeness (QED) is 0.131. The largest absolute Gasteiger partial charge is 0.473 e. The van der Waals surface area contributed by atoms with Gasteiger partial charge >= 0.3 is 0 Å². The first-order valence-corrected chi connectivity index (χ1v) is 40.2. The lowest BCUT2D eigenvalue weighted by Crippen LogP contribution is -2.27. The van der Waals surface area contributed by atoms with Crippen LogP contribution in [0.2, 0.25) is 0 Å². The van der Waals surface area contributed by atoms with E-state index in [4.69, 9.17) is 36.6 Å². The van der Waals surface area contributed by atoms with Crippen molar-refractivity contribution in [3.05, 3.63) is 278 Å². The molecule has 7 aromatic rings. The van der Waals surface area contributed by atoms with Crippen LogP contribution in [0.1, 0.15) is 278 Å². The summed E-state index contributed by atoms with van der Waals surface area (Å²) in [6, 6.07) is 59.9. The molecule has 3 saturated carbocycles. The second kappa shape index (κ2) is 44.1. The van der Waals surface area contributed by atoms with E-state index < -0.39 is 26.2 Å². The molecule has 9 aliphatic rings. The van der Waals surface area contributed by atoms with Crippen molar-refractivity contribution in [1.82, 2.24) is 0 Å². The van der Waals surface area contributed by atoms with Gasteiger partial charge in [-0.2, -0.15) is 0 Å². The van der Waals surface area contributed by atoms with E-state index in [2.05, 4.69) is 212 Å². The maximum Gasteiger partial charge on any atom is 0.173 e. The highest BCUT2D eigenvalue weighted by molar-refractivity contribution is 5.73. The third-order valence-corrected chi connectivity index (χ3v) is 23.2. The summed E-state index contributed by atoms with van der Waals surface area (Å²) in [4.78, 5) is 12.9. The van der Waals surface area contributed by atoms with E-state index in [-0.39, 0.29) is 69.5 Å². The number of hydrogen-bond donors (Lipinski definition) is 0. The molecule has 6 heterocycles. The van der Waals surface area contributed by atoms with E-state index in [1.54, 1.807) is 11.8 Å². The Kier molecular flexibility index (Phi) is 33.1. The Labute approximate surface area is 708 Å². The zero-order chi connectivity index (χ0) is 82.7. The zero-order valence-electron chi connectivity index (χ0n) is 74.5. The van der Waals surface area contributed by atoms with E-state index in [0.717, 1.165) is 75.3 Å². The second-order valence-electron chi connectivity index (χ2n) is 30.8. The molecule has 6 atom stereocenters. The van der Waals surface area contributed by atoms with Crippen LogP contribution in [0.15, 0.2) is 239 Å². The summed E-state index contributed by atoms with van der Waals surface area (Å²) in [6.45, 7) is 33.1. The van der Waals surface area contributed by atoms with Crippen LogP contribution < -0.4 is 29.4 Å².